The second-order valence-electron chi connectivity index (χ2n) is 4.68. The lowest BCUT2D eigenvalue weighted by molar-refractivity contribution is -0.121. The molecule has 3 N–H and O–H groups in total. The third-order valence-electron chi connectivity index (χ3n) is 3.06. The fourth-order valence-electron chi connectivity index (χ4n) is 1.71. The molecule has 1 aromatic carbocycles. The molecule has 0 bridgehead atoms. The molecule has 0 unspecified atom stereocenters. The summed E-state index contributed by atoms with van der Waals surface area (Å²) in [5, 5.41) is 14.4. The molecule has 2 rings (SSSR count). The van der Waals surface area contributed by atoms with Crippen LogP contribution in [-0.4, -0.2) is 35.6 Å². The Balaban J connectivity index is 1.82. The predicted molar refractivity (Wildman–Crippen MR) is 73.7 cm³/mol. The highest BCUT2D eigenvalue weighted by atomic mass is 79.9. The van der Waals surface area contributed by atoms with E-state index in [9.17, 15) is 9.59 Å². The van der Waals surface area contributed by atoms with Gasteiger partial charge in [0.15, 0.2) is 0 Å². The Labute approximate surface area is 119 Å². The number of hydrogen-bond acceptors (Lipinski definition) is 3. The van der Waals surface area contributed by atoms with Crippen LogP contribution in [0.5, 0.6) is 0 Å². The van der Waals surface area contributed by atoms with Crippen LogP contribution in [-0.2, 0) is 4.79 Å². The fourth-order valence-corrected chi connectivity index (χ4v) is 2.11. The summed E-state index contributed by atoms with van der Waals surface area (Å²) < 4.78 is 0.807. The number of amides is 2. The van der Waals surface area contributed by atoms with Gasteiger partial charge in [0.2, 0.25) is 5.91 Å². The van der Waals surface area contributed by atoms with E-state index in [0.29, 0.717) is 5.56 Å². The van der Waals surface area contributed by atoms with Crippen LogP contribution in [0.4, 0.5) is 0 Å². The van der Waals surface area contributed by atoms with Crippen molar-refractivity contribution in [2.75, 3.05) is 13.2 Å². The van der Waals surface area contributed by atoms with Crippen LogP contribution < -0.4 is 10.6 Å². The fraction of sp³-hybridized carbons (Fsp3) is 0.385. The second-order valence-corrected chi connectivity index (χ2v) is 5.60. The highest BCUT2D eigenvalue weighted by Gasteiger charge is 2.43. The number of carbonyl (C=O) groups excluding carboxylic acids is 2. The van der Waals surface area contributed by atoms with Crippen LogP contribution in [0, 0.1) is 0 Å². The van der Waals surface area contributed by atoms with Crippen molar-refractivity contribution in [1.82, 2.24) is 10.6 Å². The molecule has 0 aliphatic heterocycles. The summed E-state index contributed by atoms with van der Waals surface area (Å²) in [4.78, 5) is 23.4. The minimum atomic E-state index is -0.447. The summed E-state index contributed by atoms with van der Waals surface area (Å²) >= 11 is 3.28. The Hall–Kier alpha value is -1.40. The molecule has 5 nitrogen and oxygen atoms in total. The molecule has 0 radical (unpaired) electrons. The van der Waals surface area contributed by atoms with Crippen LogP contribution in [0.25, 0.3) is 0 Å². The Morgan fingerprint density at radius 1 is 1.37 bits per heavy atom. The van der Waals surface area contributed by atoms with Crippen molar-refractivity contribution in [3.05, 3.63) is 34.3 Å². The van der Waals surface area contributed by atoms with E-state index < -0.39 is 5.54 Å². The standard InChI is InChI=1S/C13H15BrN2O3/c14-10-3-1-2-9(6-10)12(19)15-7-11(18)16-13(8-17)4-5-13/h1-3,6,17H,4-5,7-8H2,(H,15,19)(H,16,18). The molecule has 1 fully saturated rings. The zero-order valence-electron chi connectivity index (χ0n) is 10.3. The van der Waals surface area contributed by atoms with Gasteiger partial charge in [-0.05, 0) is 31.0 Å². The smallest absolute Gasteiger partial charge is 0.251 e. The van der Waals surface area contributed by atoms with E-state index in [4.69, 9.17) is 5.11 Å². The Morgan fingerprint density at radius 2 is 2.11 bits per heavy atom. The van der Waals surface area contributed by atoms with Crippen LogP contribution in [0.1, 0.15) is 23.2 Å². The number of nitrogens with one attached hydrogen (secondary N) is 2. The van der Waals surface area contributed by atoms with E-state index in [1.807, 2.05) is 6.07 Å². The van der Waals surface area contributed by atoms with Crippen molar-refractivity contribution >= 4 is 27.7 Å². The van der Waals surface area contributed by atoms with E-state index in [0.717, 1.165) is 17.3 Å². The Kier molecular flexibility index (Phi) is 4.21. The van der Waals surface area contributed by atoms with Crippen LogP contribution in [0.3, 0.4) is 0 Å². The quantitative estimate of drug-likeness (QED) is 0.749. The Morgan fingerprint density at radius 3 is 2.68 bits per heavy atom. The third-order valence-corrected chi connectivity index (χ3v) is 3.55. The van der Waals surface area contributed by atoms with Crippen LogP contribution >= 0.6 is 15.9 Å². The third kappa shape index (κ3) is 3.78. The highest BCUT2D eigenvalue weighted by Crippen LogP contribution is 2.34. The molecular weight excluding hydrogens is 312 g/mol. The summed E-state index contributed by atoms with van der Waals surface area (Å²) in [6, 6.07) is 6.93. The van der Waals surface area contributed by atoms with Gasteiger partial charge in [-0.15, -0.1) is 0 Å². The lowest BCUT2D eigenvalue weighted by Crippen LogP contribution is -2.45. The molecule has 0 saturated heterocycles. The predicted octanol–water partition coefficient (Wildman–Crippen LogP) is 0.820. The molecular formula is C13H15BrN2O3. The second kappa shape index (κ2) is 5.71. The number of aliphatic hydroxyl groups excluding tert-OH is 1. The summed E-state index contributed by atoms with van der Waals surface area (Å²) in [7, 11) is 0. The van der Waals surface area contributed by atoms with Gasteiger partial charge in [-0.2, -0.15) is 0 Å². The topological polar surface area (TPSA) is 78.4 Å². The number of hydrogen-bond donors (Lipinski definition) is 3. The van der Waals surface area contributed by atoms with Crippen LogP contribution in [0.2, 0.25) is 0 Å². The summed E-state index contributed by atoms with van der Waals surface area (Å²) in [5.41, 5.74) is 0.0443. The van der Waals surface area contributed by atoms with Crippen LogP contribution in [0.15, 0.2) is 28.7 Å². The van der Waals surface area contributed by atoms with Gasteiger partial charge in [0.05, 0.1) is 18.7 Å². The van der Waals surface area contributed by atoms with E-state index in [1.165, 1.54) is 0 Å². The molecule has 1 saturated carbocycles. The summed E-state index contributed by atoms with van der Waals surface area (Å²) in [6.45, 7) is -0.147. The SMILES string of the molecule is O=C(CNC(=O)c1cccc(Br)c1)NC1(CO)CC1. The Bertz CT molecular complexity index is 500. The molecule has 0 atom stereocenters. The largest absolute Gasteiger partial charge is 0.394 e. The van der Waals surface area contributed by atoms with Gasteiger partial charge in [0, 0.05) is 10.0 Å². The van der Waals surface area contributed by atoms with E-state index >= 15 is 0 Å². The van der Waals surface area contributed by atoms with Gasteiger partial charge in [-0.1, -0.05) is 22.0 Å². The summed E-state index contributed by atoms with van der Waals surface area (Å²) in [6.07, 6.45) is 1.57. The zero-order chi connectivity index (χ0) is 13.9. The minimum Gasteiger partial charge on any atom is -0.394 e. The number of rotatable bonds is 5. The molecule has 1 aliphatic rings. The summed E-state index contributed by atoms with van der Waals surface area (Å²) in [5.74, 6) is -0.583. The normalized spacial score (nSPS) is 15.7. The van der Waals surface area contributed by atoms with Crippen molar-refractivity contribution in [2.24, 2.45) is 0 Å². The number of benzene rings is 1. The lowest BCUT2D eigenvalue weighted by Gasteiger charge is -2.14. The van der Waals surface area contributed by atoms with Gasteiger partial charge >= 0.3 is 0 Å². The van der Waals surface area contributed by atoms with Gasteiger partial charge in [0.25, 0.3) is 5.91 Å². The molecule has 0 spiro atoms. The van der Waals surface area contributed by atoms with E-state index in [1.54, 1.807) is 18.2 Å². The molecule has 102 valence electrons. The van der Waals surface area contributed by atoms with Crippen molar-refractivity contribution in [1.29, 1.82) is 0 Å². The minimum absolute atomic E-state index is 0.0572. The monoisotopic (exact) mass is 326 g/mol. The van der Waals surface area contributed by atoms with E-state index in [2.05, 4.69) is 26.6 Å². The molecule has 19 heavy (non-hydrogen) atoms. The molecule has 1 aliphatic carbocycles. The highest BCUT2D eigenvalue weighted by molar-refractivity contribution is 9.10. The number of halogens is 1. The first-order valence-corrected chi connectivity index (χ1v) is 6.80. The van der Waals surface area contributed by atoms with Crippen molar-refractivity contribution in [3.63, 3.8) is 0 Å². The maximum atomic E-state index is 11.8. The first-order chi connectivity index (χ1) is 9.04. The first kappa shape index (κ1) is 14.0. The molecule has 2 amide bonds. The van der Waals surface area contributed by atoms with Crippen molar-refractivity contribution in [2.45, 2.75) is 18.4 Å². The van der Waals surface area contributed by atoms with Gasteiger partial charge < -0.3 is 15.7 Å². The van der Waals surface area contributed by atoms with Gasteiger partial charge in [-0.3, -0.25) is 9.59 Å². The lowest BCUT2D eigenvalue weighted by atomic mass is 10.2. The average Bonchev–Trinajstić information content (AvgIpc) is 3.16. The molecule has 6 heteroatoms. The number of aliphatic hydroxyl groups is 1. The average molecular weight is 327 g/mol. The van der Waals surface area contributed by atoms with Gasteiger partial charge in [-0.25, -0.2) is 0 Å². The van der Waals surface area contributed by atoms with Crippen molar-refractivity contribution in [3.8, 4) is 0 Å². The van der Waals surface area contributed by atoms with Crippen molar-refractivity contribution < 1.29 is 14.7 Å². The number of carbonyl (C=O) groups is 2. The zero-order valence-corrected chi connectivity index (χ0v) is 11.9. The van der Waals surface area contributed by atoms with E-state index in [-0.39, 0.29) is 25.0 Å². The maximum absolute atomic E-state index is 11.8. The molecule has 0 heterocycles. The molecule has 0 aromatic heterocycles. The maximum Gasteiger partial charge on any atom is 0.251 e. The molecule has 1 aromatic rings. The first-order valence-electron chi connectivity index (χ1n) is 6.00. The van der Waals surface area contributed by atoms with Gasteiger partial charge in [0.1, 0.15) is 0 Å².